The third-order valence-electron chi connectivity index (χ3n) is 4.21. The lowest BCUT2D eigenvalue weighted by Gasteiger charge is -2.12. The molecule has 1 aliphatic rings. The van der Waals surface area contributed by atoms with Crippen LogP contribution in [0.2, 0.25) is 0 Å². The molecule has 2 aromatic rings. The zero-order chi connectivity index (χ0) is 17.3. The van der Waals surface area contributed by atoms with Gasteiger partial charge in [0.15, 0.2) is 0 Å². The van der Waals surface area contributed by atoms with Crippen molar-refractivity contribution in [3.05, 3.63) is 71.0 Å². The highest BCUT2D eigenvalue weighted by molar-refractivity contribution is 5.82. The van der Waals surface area contributed by atoms with E-state index in [2.05, 4.69) is 5.32 Å². The number of rotatable bonds is 5. The smallest absolute Gasteiger partial charge is 0.223 e. The molecule has 0 spiro atoms. The fourth-order valence-corrected chi connectivity index (χ4v) is 2.76. The van der Waals surface area contributed by atoms with Gasteiger partial charge < -0.3 is 10.4 Å². The maximum absolute atomic E-state index is 13.7. The van der Waals surface area contributed by atoms with Crippen molar-refractivity contribution in [2.24, 2.45) is 5.92 Å². The Balaban J connectivity index is 1.54. The quantitative estimate of drug-likeness (QED) is 0.882. The van der Waals surface area contributed by atoms with Gasteiger partial charge in [0.05, 0.1) is 6.10 Å². The van der Waals surface area contributed by atoms with Crippen molar-refractivity contribution in [1.29, 1.82) is 0 Å². The number of nitrogens with one attached hydrogen (secondary N) is 1. The number of halogens is 3. The van der Waals surface area contributed by atoms with E-state index in [0.29, 0.717) is 17.5 Å². The molecule has 0 heterocycles. The molecule has 3 nitrogen and oxygen atoms in total. The fraction of sp³-hybridized carbons (Fsp3) is 0.278. The van der Waals surface area contributed by atoms with E-state index in [-0.39, 0.29) is 24.3 Å². The Hall–Kier alpha value is -2.34. The van der Waals surface area contributed by atoms with E-state index in [1.807, 2.05) is 0 Å². The largest absolute Gasteiger partial charge is 0.387 e. The van der Waals surface area contributed by atoms with E-state index in [1.165, 1.54) is 36.4 Å². The summed E-state index contributed by atoms with van der Waals surface area (Å²) in [6.45, 7) is -0.0143. The molecule has 2 aromatic carbocycles. The van der Waals surface area contributed by atoms with Crippen molar-refractivity contribution < 1.29 is 23.1 Å². The van der Waals surface area contributed by atoms with Crippen LogP contribution in [-0.2, 0) is 4.79 Å². The second-order valence-corrected chi connectivity index (χ2v) is 5.93. The summed E-state index contributed by atoms with van der Waals surface area (Å²) in [5.74, 6) is -2.65. The summed E-state index contributed by atoms with van der Waals surface area (Å²) in [5, 5.41) is 12.6. The van der Waals surface area contributed by atoms with Crippen molar-refractivity contribution in [1.82, 2.24) is 5.32 Å². The Morgan fingerprint density at radius 2 is 1.79 bits per heavy atom. The minimum Gasteiger partial charge on any atom is -0.387 e. The van der Waals surface area contributed by atoms with Crippen LogP contribution in [0, 0.1) is 23.4 Å². The van der Waals surface area contributed by atoms with Crippen LogP contribution in [0.25, 0.3) is 0 Å². The van der Waals surface area contributed by atoms with Crippen LogP contribution >= 0.6 is 0 Å². The lowest BCUT2D eigenvalue weighted by Crippen LogP contribution is -2.30. The van der Waals surface area contributed by atoms with E-state index in [1.54, 1.807) is 0 Å². The fourth-order valence-electron chi connectivity index (χ4n) is 2.76. The van der Waals surface area contributed by atoms with Crippen LogP contribution in [0.3, 0.4) is 0 Å². The molecule has 6 heteroatoms. The van der Waals surface area contributed by atoms with Crippen LogP contribution in [-0.4, -0.2) is 17.6 Å². The lowest BCUT2D eigenvalue weighted by molar-refractivity contribution is -0.122. The van der Waals surface area contributed by atoms with Gasteiger partial charge in [0.1, 0.15) is 17.5 Å². The molecule has 0 aliphatic heterocycles. The highest BCUT2D eigenvalue weighted by Crippen LogP contribution is 2.48. The summed E-state index contributed by atoms with van der Waals surface area (Å²) in [6, 6.07) is 8.68. The Morgan fingerprint density at radius 1 is 1.12 bits per heavy atom. The second kappa shape index (κ2) is 6.65. The first-order valence-corrected chi connectivity index (χ1v) is 7.62. The molecule has 1 aliphatic carbocycles. The van der Waals surface area contributed by atoms with Crippen molar-refractivity contribution in [2.75, 3.05) is 6.54 Å². The van der Waals surface area contributed by atoms with Gasteiger partial charge in [-0.2, -0.15) is 0 Å². The topological polar surface area (TPSA) is 49.3 Å². The van der Waals surface area contributed by atoms with Crippen LogP contribution in [0.1, 0.15) is 29.6 Å². The first-order valence-electron chi connectivity index (χ1n) is 7.62. The highest BCUT2D eigenvalue weighted by atomic mass is 19.1. The van der Waals surface area contributed by atoms with E-state index in [9.17, 15) is 23.1 Å². The van der Waals surface area contributed by atoms with Crippen LogP contribution in [0.15, 0.2) is 42.5 Å². The van der Waals surface area contributed by atoms with Crippen molar-refractivity contribution in [3.63, 3.8) is 0 Å². The van der Waals surface area contributed by atoms with Gasteiger partial charge in [-0.15, -0.1) is 0 Å². The summed E-state index contributed by atoms with van der Waals surface area (Å²) in [5.41, 5.74) is 0.823. The van der Waals surface area contributed by atoms with Gasteiger partial charge >= 0.3 is 0 Å². The minimum absolute atomic E-state index is 0.0143. The van der Waals surface area contributed by atoms with Crippen molar-refractivity contribution in [2.45, 2.75) is 18.4 Å². The molecular formula is C18H16F3NO2. The molecule has 3 unspecified atom stereocenters. The number of hydrogen-bond donors (Lipinski definition) is 2. The minimum atomic E-state index is -0.950. The molecule has 0 bridgehead atoms. The Morgan fingerprint density at radius 3 is 2.46 bits per heavy atom. The number of aliphatic hydroxyl groups is 1. The van der Waals surface area contributed by atoms with Gasteiger partial charge in [0.2, 0.25) is 5.91 Å². The summed E-state index contributed by atoms with van der Waals surface area (Å²) in [4.78, 5) is 12.1. The molecule has 24 heavy (non-hydrogen) atoms. The first-order chi connectivity index (χ1) is 11.5. The average Bonchev–Trinajstić information content (AvgIpc) is 3.33. The third kappa shape index (κ3) is 3.59. The van der Waals surface area contributed by atoms with Gasteiger partial charge in [-0.05, 0) is 41.7 Å². The van der Waals surface area contributed by atoms with E-state index in [0.717, 1.165) is 6.07 Å². The predicted molar refractivity (Wildman–Crippen MR) is 81.6 cm³/mol. The van der Waals surface area contributed by atoms with Crippen molar-refractivity contribution >= 4 is 5.91 Å². The molecule has 0 radical (unpaired) electrons. The molecular weight excluding hydrogens is 319 g/mol. The third-order valence-corrected chi connectivity index (χ3v) is 4.21. The normalized spacial score (nSPS) is 20.5. The molecule has 0 aromatic heterocycles. The SMILES string of the molecule is O=C(NCC(O)c1ccc(F)cc1)C1CC1c1ccc(F)cc1F. The Labute approximate surface area is 137 Å². The number of amides is 1. The second-order valence-electron chi connectivity index (χ2n) is 5.93. The number of aliphatic hydroxyl groups excluding tert-OH is 1. The molecule has 2 N–H and O–H groups in total. The van der Waals surface area contributed by atoms with Crippen molar-refractivity contribution in [3.8, 4) is 0 Å². The molecule has 3 atom stereocenters. The summed E-state index contributed by atoms with van der Waals surface area (Å²) < 4.78 is 39.5. The Bertz CT molecular complexity index is 748. The molecule has 3 rings (SSSR count). The standard InChI is InChI=1S/C18H16F3NO2/c19-11-3-1-10(2-4-11)17(23)9-22-18(24)15-8-14(15)13-6-5-12(20)7-16(13)21/h1-7,14-15,17,23H,8-9H2,(H,22,24). The molecule has 1 amide bonds. The number of hydrogen-bond acceptors (Lipinski definition) is 2. The first kappa shape index (κ1) is 16.5. The summed E-state index contributed by atoms with van der Waals surface area (Å²) in [6.07, 6.45) is -0.463. The maximum Gasteiger partial charge on any atom is 0.223 e. The molecule has 1 saturated carbocycles. The number of benzene rings is 2. The van der Waals surface area contributed by atoms with E-state index >= 15 is 0 Å². The van der Waals surface area contributed by atoms with Gasteiger partial charge in [-0.25, -0.2) is 13.2 Å². The molecule has 1 fully saturated rings. The molecule has 126 valence electrons. The highest BCUT2D eigenvalue weighted by Gasteiger charge is 2.45. The molecule has 0 saturated heterocycles. The number of carbonyl (C=O) groups excluding carboxylic acids is 1. The van der Waals surface area contributed by atoms with Gasteiger partial charge in [-0.1, -0.05) is 18.2 Å². The summed E-state index contributed by atoms with van der Waals surface area (Å²) >= 11 is 0. The van der Waals surface area contributed by atoms with Gasteiger partial charge in [0.25, 0.3) is 0 Å². The monoisotopic (exact) mass is 335 g/mol. The predicted octanol–water partition coefficient (Wildman–Crippen LogP) is 3.06. The summed E-state index contributed by atoms with van der Waals surface area (Å²) in [7, 11) is 0. The zero-order valence-electron chi connectivity index (χ0n) is 12.7. The Kier molecular flexibility index (Phi) is 4.57. The van der Waals surface area contributed by atoms with Gasteiger partial charge in [-0.3, -0.25) is 4.79 Å². The van der Waals surface area contributed by atoms with Crippen LogP contribution in [0.5, 0.6) is 0 Å². The van der Waals surface area contributed by atoms with Gasteiger partial charge in [0, 0.05) is 18.5 Å². The van der Waals surface area contributed by atoms with Crippen LogP contribution < -0.4 is 5.32 Å². The lowest BCUT2D eigenvalue weighted by atomic mass is 10.1. The number of carbonyl (C=O) groups is 1. The van der Waals surface area contributed by atoms with E-state index in [4.69, 9.17) is 0 Å². The average molecular weight is 335 g/mol. The maximum atomic E-state index is 13.7. The van der Waals surface area contributed by atoms with Crippen LogP contribution in [0.4, 0.5) is 13.2 Å². The zero-order valence-corrected chi connectivity index (χ0v) is 12.7. The van der Waals surface area contributed by atoms with E-state index < -0.39 is 23.6 Å².